The highest BCUT2D eigenvalue weighted by Crippen LogP contribution is 2.24. The maximum absolute atomic E-state index is 13.8. The first-order valence-electron chi connectivity index (χ1n) is 9.68. The number of benzene rings is 3. The van der Waals surface area contributed by atoms with Gasteiger partial charge in [-0.15, -0.1) is 11.3 Å². The third-order valence-electron chi connectivity index (χ3n) is 4.61. The number of nitrogens with zero attached hydrogens (tertiary/aromatic N) is 1. The molecule has 4 aromatic rings. The summed E-state index contributed by atoms with van der Waals surface area (Å²) in [6, 6.07) is 17.3. The van der Waals surface area contributed by atoms with Crippen molar-refractivity contribution >= 4 is 38.1 Å². The quantitative estimate of drug-likeness (QED) is 0.383. The number of anilines is 2. The van der Waals surface area contributed by atoms with Crippen LogP contribution >= 0.6 is 11.3 Å². The predicted octanol–water partition coefficient (Wildman–Crippen LogP) is 5.07. The Bertz CT molecular complexity index is 1390. The minimum absolute atomic E-state index is 0.131. The molecule has 0 radical (unpaired) electrons. The van der Waals surface area contributed by atoms with Gasteiger partial charge in [-0.2, -0.15) is 0 Å². The maximum Gasteiger partial charge on any atom is 0.261 e. The van der Waals surface area contributed by atoms with Crippen LogP contribution in [0.3, 0.4) is 0 Å². The van der Waals surface area contributed by atoms with Crippen molar-refractivity contribution in [2.75, 3.05) is 10.0 Å². The maximum atomic E-state index is 13.8. The molecule has 6 nitrogen and oxygen atoms in total. The molecular weight excluding hydrogens is 468 g/mol. The molecule has 1 aromatic heterocycles. The van der Waals surface area contributed by atoms with E-state index in [0.717, 1.165) is 6.07 Å². The summed E-state index contributed by atoms with van der Waals surface area (Å²) in [6.07, 6.45) is 1.74. The van der Waals surface area contributed by atoms with Crippen LogP contribution < -0.4 is 10.0 Å². The molecule has 2 N–H and O–H groups in total. The third kappa shape index (κ3) is 5.60. The Morgan fingerprint density at radius 3 is 2.39 bits per heavy atom. The van der Waals surface area contributed by atoms with Gasteiger partial charge in [-0.3, -0.25) is 14.8 Å². The molecule has 10 heteroatoms. The van der Waals surface area contributed by atoms with E-state index in [4.69, 9.17) is 0 Å². The number of aromatic nitrogens is 1. The zero-order valence-electron chi connectivity index (χ0n) is 17.0. The number of halogens is 2. The highest BCUT2D eigenvalue weighted by Gasteiger charge is 2.15. The van der Waals surface area contributed by atoms with Gasteiger partial charge in [-0.25, -0.2) is 22.2 Å². The van der Waals surface area contributed by atoms with Gasteiger partial charge in [0.15, 0.2) is 5.13 Å². The van der Waals surface area contributed by atoms with Gasteiger partial charge >= 0.3 is 0 Å². The Morgan fingerprint density at radius 1 is 0.970 bits per heavy atom. The Kier molecular flexibility index (Phi) is 6.47. The highest BCUT2D eigenvalue weighted by molar-refractivity contribution is 7.92. The van der Waals surface area contributed by atoms with Crippen molar-refractivity contribution in [1.29, 1.82) is 0 Å². The molecular formula is C23H17F2N3O3S2. The Morgan fingerprint density at radius 2 is 1.70 bits per heavy atom. The van der Waals surface area contributed by atoms with Crippen LogP contribution in [0.15, 0.2) is 83.9 Å². The summed E-state index contributed by atoms with van der Waals surface area (Å²) >= 11 is 1.18. The summed E-state index contributed by atoms with van der Waals surface area (Å²) < 4.78 is 54.1. The summed E-state index contributed by atoms with van der Waals surface area (Å²) in [6.45, 7) is 0. The van der Waals surface area contributed by atoms with Gasteiger partial charge in [0.2, 0.25) is 0 Å². The number of carbonyl (C=O) groups excluding carboxylic acids is 1. The van der Waals surface area contributed by atoms with Gasteiger partial charge in [-0.1, -0.05) is 24.3 Å². The van der Waals surface area contributed by atoms with E-state index in [1.54, 1.807) is 18.2 Å². The molecule has 0 spiro atoms. The SMILES string of the molecule is O=C(Nc1ncc(Cc2ccc(F)cc2F)s1)c1ccc(NS(=O)(=O)c2ccccc2)cc1. The summed E-state index contributed by atoms with van der Waals surface area (Å²) in [4.78, 5) is 17.5. The van der Waals surface area contributed by atoms with Crippen molar-refractivity contribution < 1.29 is 22.0 Å². The molecule has 0 fully saturated rings. The third-order valence-corrected chi connectivity index (χ3v) is 6.92. The van der Waals surface area contributed by atoms with Crippen LogP contribution in [0.1, 0.15) is 20.8 Å². The van der Waals surface area contributed by atoms with Gasteiger partial charge in [0, 0.05) is 34.8 Å². The lowest BCUT2D eigenvalue weighted by molar-refractivity contribution is 0.102. The van der Waals surface area contributed by atoms with Crippen LogP contribution in [-0.2, 0) is 16.4 Å². The van der Waals surface area contributed by atoms with Crippen molar-refractivity contribution in [2.45, 2.75) is 11.3 Å². The lowest BCUT2D eigenvalue weighted by Gasteiger charge is -2.08. The summed E-state index contributed by atoms with van der Waals surface area (Å²) in [5.74, 6) is -1.72. The first kappa shape index (κ1) is 22.6. The zero-order valence-corrected chi connectivity index (χ0v) is 18.6. The van der Waals surface area contributed by atoms with E-state index in [0.29, 0.717) is 26.8 Å². The van der Waals surface area contributed by atoms with Crippen LogP contribution in [0.2, 0.25) is 0 Å². The average Bonchev–Trinajstić information content (AvgIpc) is 3.23. The monoisotopic (exact) mass is 485 g/mol. The Hall–Kier alpha value is -3.63. The highest BCUT2D eigenvalue weighted by atomic mass is 32.2. The van der Waals surface area contributed by atoms with Crippen LogP contribution in [-0.4, -0.2) is 19.3 Å². The second-order valence-electron chi connectivity index (χ2n) is 6.99. The predicted molar refractivity (Wildman–Crippen MR) is 123 cm³/mol. The lowest BCUT2D eigenvalue weighted by Crippen LogP contribution is -2.14. The van der Waals surface area contributed by atoms with E-state index in [-0.39, 0.29) is 11.3 Å². The van der Waals surface area contributed by atoms with Gasteiger partial charge in [-0.05, 0) is 48.0 Å². The van der Waals surface area contributed by atoms with E-state index < -0.39 is 27.6 Å². The molecule has 0 atom stereocenters. The molecule has 4 rings (SSSR count). The number of hydrogen-bond donors (Lipinski definition) is 2. The number of amides is 1. The van der Waals surface area contributed by atoms with Crippen LogP contribution in [0.5, 0.6) is 0 Å². The number of sulfonamides is 1. The minimum atomic E-state index is -3.73. The molecule has 33 heavy (non-hydrogen) atoms. The van der Waals surface area contributed by atoms with Crippen LogP contribution in [0, 0.1) is 11.6 Å². The molecule has 0 saturated carbocycles. The molecule has 1 amide bonds. The van der Waals surface area contributed by atoms with E-state index in [9.17, 15) is 22.0 Å². The topological polar surface area (TPSA) is 88.2 Å². The summed E-state index contributed by atoms with van der Waals surface area (Å²) in [5, 5.41) is 2.98. The number of rotatable bonds is 7. The Balaban J connectivity index is 1.39. The molecule has 0 aliphatic rings. The normalized spacial score (nSPS) is 11.2. The number of hydrogen-bond acceptors (Lipinski definition) is 5. The second kappa shape index (κ2) is 9.47. The second-order valence-corrected chi connectivity index (χ2v) is 9.79. The minimum Gasteiger partial charge on any atom is -0.298 e. The van der Waals surface area contributed by atoms with E-state index in [1.807, 2.05) is 0 Å². The van der Waals surface area contributed by atoms with Gasteiger partial charge in [0.05, 0.1) is 4.90 Å². The van der Waals surface area contributed by atoms with Crippen LogP contribution in [0.25, 0.3) is 0 Å². The summed E-state index contributed by atoms with van der Waals surface area (Å²) in [7, 11) is -3.73. The summed E-state index contributed by atoms with van der Waals surface area (Å²) in [5.41, 5.74) is 0.943. The van der Waals surface area contributed by atoms with Crippen molar-refractivity contribution in [1.82, 2.24) is 4.98 Å². The fourth-order valence-corrected chi connectivity index (χ4v) is 4.88. The fraction of sp³-hybridized carbons (Fsp3) is 0.0435. The van der Waals surface area contributed by atoms with E-state index >= 15 is 0 Å². The first-order valence-corrected chi connectivity index (χ1v) is 12.0. The van der Waals surface area contributed by atoms with Crippen molar-refractivity contribution in [2.24, 2.45) is 0 Å². The van der Waals surface area contributed by atoms with Crippen molar-refractivity contribution in [3.63, 3.8) is 0 Å². The van der Waals surface area contributed by atoms with Gasteiger partial charge in [0.25, 0.3) is 15.9 Å². The lowest BCUT2D eigenvalue weighted by atomic mass is 10.1. The van der Waals surface area contributed by atoms with Gasteiger partial charge in [0.1, 0.15) is 11.6 Å². The van der Waals surface area contributed by atoms with E-state index in [1.165, 1.54) is 66.1 Å². The smallest absolute Gasteiger partial charge is 0.261 e. The van der Waals surface area contributed by atoms with Crippen molar-refractivity contribution in [3.8, 4) is 0 Å². The van der Waals surface area contributed by atoms with Crippen molar-refractivity contribution in [3.05, 3.63) is 107 Å². The number of nitrogens with one attached hydrogen (secondary N) is 2. The van der Waals surface area contributed by atoms with E-state index in [2.05, 4.69) is 15.0 Å². The molecule has 0 bridgehead atoms. The molecule has 168 valence electrons. The number of carbonyl (C=O) groups is 1. The zero-order chi connectivity index (χ0) is 23.4. The standard InChI is InChI=1S/C23H17F2N3O3S2/c24-17-9-6-16(21(25)13-17)12-19-14-26-23(32-19)27-22(29)15-7-10-18(11-8-15)28-33(30,31)20-4-2-1-3-5-20/h1-11,13-14,28H,12H2,(H,26,27,29). The molecule has 1 heterocycles. The molecule has 0 saturated heterocycles. The molecule has 0 aliphatic heterocycles. The Labute approximate surface area is 193 Å². The molecule has 0 aliphatic carbocycles. The molecule has 3 aromatic carbocycles. The van der Waals surface area contributed by atoms with Crippen LogP contribution in [0.4, 0.5) is 19.6 Å². The first-order chi connectivity index (χ1) is 15.8. The fourth-order valence-electron chi connectivity index (χ4n) is 2.97. The van der Waals surface area contributed by atoms with Gasteiger partial charge < -0.3 is 0 Å². The average molecular weight is 486 g/mol. The largest absolute Gasteiger partial charge is 0.298 e. The molecule has 0 unspecified atom stereocenters. The number of thiazole rings is 1.